The van der Waals surface area contributed by atoms with Crippen LogP contribution in [0.25, 0.3) is 0 Å². The largest absolute Gasteiger partial charge is 0.481 e. The predicted octanol–water partition coefficient (Wildman–Crippen LogP) is 3.18. The topological polar surface area (TPSA) is 40.5 Å². The number of carboxylic acids is 1. The molecule has 1 aliphatic heterocycles. The van der Waals surface area contributed by atoms with Crippen LogP contribution in [0.1, 0.15) is 24.1 Å². The van der Waals surface area contributed by atoms with E-state index in [0.717, 1.165) is 0 Å². The van der Waals surface area contributed by atoms with E-state index in [2.05, 4.69) is 29.2 Å². The van der Waals surface area contributed by atoms with E-state index in [-0.39, 0.29) is 6.04 Å². The van der Waals surface area contributed by atoms with Gasteiger partial charge in [0.15, 0.2) is 0 Å². The summed E-state index contributed by atoms with van der Waals surface area (Å²) in [6.07, 6.45) is 0. The van der Waals surface area contributed by atoms with Crippen molar-refractivity contribution in [3.63, 3.8) is 0 Å². The summed E-state index contributed by atoms with van der Waals surface area (Å²) in [6, 6.07) is 20.7. The molecule has 1 saturated heterocycles. The second-order valence-corrected chi connectivity index (χ2v) is 5.99. The minimum absolute atomic E-state index is 0.125. The Morgan fingerprint density at radius 3 is 1.81 bits per heavy atom. The van der Waals surface area contributed by atoms with Crippen LogP contribution in [0.2, 0.25) is 0 Å². The first kappa shape index (κ1) is 13.8. The van der Waals surface area contributed by atoms with Gasteiger partial charge in [0, 0.05) is 13.1 Å². The summed E-state index contributed by atoms with van der Waals surface area (Å²) in [6.45, 7) is 2.98. The third kappa shape index (κ3) is 2.57. The summed E-state index contributed by atoms with van der Waals surface area (Å²) in [7, 11) is 0. The zero-order chi connectivity index (χ0) is 14.9. The summed E-state index contributed by atoms with van der Waals surface area (Å²) in [4.78, 5) is 13.6. The lowest BCUT2D eigenvalue weighted by Crippen LogP contribution is -2.59. The van der Waals surface area contributed by atoms with Crippen molar-refractivity contribution in [1.82, 2.24) is 4.90 Å². The van der Waals surface area contributed by atoms with Gasteiger partial charge in [0.1, 0.15) is 0 Å². The van der Waals surface area contributed by atoms with Gasteiger partial charge in [-0.25, -0.2) is 0 Å². The second kappa shape index (κ2) is 5.34. The van der Waals surface area contributed by atoms with Gasteiger partial charge in [-0.2, -0.15) is 0 Å². The van der Waals surface area contributed by atoms with Crippen LogP contribution in [-0.4, -0.2) is 29.1 Å². The fraction of sp³-hybridized carbons (Fsp3) is 0.278. The third-order valence-electron chi connectivity index (χ3n) is 4.22. The molecular formula is C18H19NO2. The molecule has 0 aromatic heterocycles. The first-order valence-electron chi connectivity index (χ1n) is 7.17. The van der Waals surface area contributed by atoms with Crippen molar-refractivity contribution in [2.75, 3.05) is 13.1 Å². The number of likely N-dealkylation sites (tertiary alicyclic amines) is 1. The van der Waals surface area contributed by atoms with E-state index < -0.39 is 11.4 Å². The van der Waals surface area contributed by atoms with Crippen molar-refractivity contribution in [3.05, 3.63) is 71.8 Å². The van der Waals surface area contributed by atoms with Gasteiger partial charge in [-0.3, -0.25) is 9.69 Å². The van der Waals surface area contributed by atoms with E-state index in [0.29, 0.717) is 13.1 Å². The van der Waals surface area contributed by atoms with Crippen molar-refractivity contribution in [2.45, 2.75) is 13.0 Å². The molecule has 2 aromatic carbocycles. The lowest BCUT2D eigenvalue weighted by Gasteiger charge is -2.49. The van der Waals surface area contributed by atoms with E-state index >= 15 is 0 Å². The maximum absolute atomic E-state index is 11.3. The molecular weight excluding hydrogens is 262 g/mol. The highest BCUT2D eigenvalue weighted by Crippen LogP contribution is 2.39. The fourth-order valence-corrected chi connectivity index (χ4v) is 3.05. The maximum atomic E-state index is 11.3. The van der Waals surface area contributed by atoms with Crippen LogP contribution in [0.3, 0.4) is 0 Å². The predicted molar refractivity (Wildman–Crippen MR) is 82.0 cm³/mol. The number of hydrogen-bond acceptors (Lipinski definition) is 2. The number of hydrogen-bond donors (Lipinski definition) is 1. The monoisotopic (exact) mass is 281 g/mol. The number of carboxylic acid groups (broad SMARTS) is 1. The Morgan fingerprint density at radius 2 is 1.43 bits per heavy atom. The highest BCUT2D eigenvalue weighted by Gasteiger charge is 2.48. The summed E-state index contributed by atoms with van der Waals surface area (Å²) in [5.74, 6) is -0.710. The molecule has 0 aliphatic carbocycles. The van der Waals surface area contributed by atoms with Crippen LogP contribution < -0.4 is 0 Å². The van der Waals surface area contributed by atoms with Crippen LogP contribution in [0, 0.1) is 5.41 Å². The van der Waals surface area contributed by atoms with Crippen molar-refractivity contribution >= 4 is 5.97 Å². The lowest BCUT2D eigenvalue weighted by atomic mass is 9.79. The first-order valence-corrected chi connectivity index (χ1v) is 7.17. The molecule has 2 aromatic rings. The molecule has 0 unspecified atom stereocenters. The highest BCUT2D eigenvalue weighted by atomic mass is 16.4. The second-order valence-electron chi connectivity index (χ2n) is 5.99. The van der Waals surface area contributed by atoms with Crippen molar-refractivity contribution < 1.29 is 9.90 Å². The van der Waals surface area contributed by atoms with E-state index in [9.17, 15) is 9.90 Å². The Bertz CT molecular complexity index is 579. The standard InChI is InChI=1S/C18H19NO2/c1-18(17(20)21)12-19(13-18)16(14-8-4-2-5-9-14)15-10-6-3-7-11-15/h2-11,16H,12-13H2,1H3,(H,20,21). The van der Waals surface area contributed by atoms with Gasteiger partial charge < -0.3 is 5.11 Å². The molecule has 1 N–H and O–H groups in total. The molecule has 1 aliphatic rings. The van der Waals surface area contributed by atoms with Crippen LogP contribution in [0.5, 0.6) is 0 Å². The molecule has 108 valence electrons. The number of carbonyl (C=O) groups is 1. The lowest BCUT2D eigenvalue weighted by molar-refractivity contribution is -0.160. The zero-order valence-corrected chi connectivity index (χ0v) is 12.1. The van der Waals surface area contributed by atoms with Gasteiger partial charge >= 0.3 is 5.97 Å². The Kier molecular flexibility index (Phi) is 3.52. The van der Waals surface area contributed by atoms with Crippen molar-refractivity contribution in [1.29, 1.82) is 0 Å². The molecule has 0 radical (unpaired) electrons. The van der Waals surface area contributed by atoms with Crippen LogP contribution >= 0.6 is 0 Å². The quantitative estimate of drug-likeness (QED) is 0.935. The molecule has 0 amide bonds. The average Bonchev–Trinajstić information content (AvgIpc) is 2.47. The van der Waals surface area contributed by atoms with Crippen molar-refractivity contribution in [3.8, 4) is 0 Å². The van der Waals surface area contributed by atoms with E-state index in [1.54, 1.807) is 0 Å². The minimum atomic E-state index is -0.710. The zero-order valence-electron chi connectivity index (χ0n) is 12.1. The highest BCUT2D eigenvalue weighted by molar-refractivity contribution is 5.76. The van der Waals surface area contributed by atoms with Gasteiger partial charge in [-0.1, -0.05) is 60.7 Å². The summed E-state index contributed by atoms with van der Waals surface area (Å²) in [5.41, 5.74) is 1.79. The molecule has 0 bridgehead atoms. The van der Waals surface area contributed by atoms with E-state index in [4.69, 9.17) is 0 Å². The van der Waals surface area contributed by atoms with E-state index in [1.807, 2.05) is 43.3 Å². The van der Waals surface area contributed by atoms with Crippen LogP contribution in [0.4, 0.5) is 0 Å². The molecule has 3 rings (SSSR count). The van der Waals surface area contributed by atoms with Crippen LogP contribution in [0.15, 0.2) is 60.7 Å². The third-order valence-corrected chi connectivity index (χ3v) is 4.22. The number of nitrogens with zero attached hydrogens (tertiary/aromatic N) is 1. The Balaban J connectivity index is 1.91. The number of rotatable bonds is 4. The summed E-state index contributed by atoms with van der Waals surface area (Å²) >= 11 is 0. The Morgan fingerprint density at radius 1 is 1.00 bits per heavy atom. The fourth-order valence-electron chi connectivity index (χ4n) is 3.05. The number of aliphatic carboxylic acids is 1. The Labute approximate surface area is 124 Å². The van der Waals surface area contributed by atoms with Gasteiger partial charge in [0.2, 0.25) is 0 Å². The van der Waals surface area contributed by atoms with Gasteiger partial charge in [-0.15, -0.1) is 0 Å². The van der Waals surface area contributed by atoms with E-state index in [1.165, 1.54) is 11.1 Å². The van der Waals surface area contributed by atoms with Gasteiger partial charge in [-0.05, 0) is 18.1 Å². The molecule has 3 nitrogen and oxygen atoms in total. The van der Waals surface area contributed by atoms with Gasteiger partial charge in [0.25, 0.3) is 0 Å². The maximum Gasteiger partial charge on any atom is 0.311 e. The molecule has 0 spiro atoms. The number of benzene rings is 2. The molecule has 1 heterocycles. The minimum Gasteiger partial charge on any atom is -0.481 e. The van der Waals surface area contributed by atoms with Gasteiger partial charge in [0.05, 0.1) is 11.5 Å². The normalized spacial score (nSPS) is 17.4. The summed E-state index contributed by atoms with van der Waals surface area (Å²) < 4.78 is 0. The molecule has 3 heteroatoms. The molecule has 1 fully saturated rings. The average molecular weight is 281 g/mol. The molecule has 0 atom stereocenters. The smallest absolute Gasteiger partial charge is 0.311 e. The van der Waals surface area contributed by atoms with Crippen LogP contribution in [-0.2, 0) is 4.79 Å². The summed E-state index contributed by atoms with van der Waals surface area (Å²) in [5, 5.41) is 9.31. The molecule has 21 heavy (non-hydrogen) atoms. The van der Waals surface area contributed by atoms with Crippen molar-refractivity contribution in [2.24, 2.45) is 5.41 Å². The SMILES string of the molecule is CC1(C(=O)O)CN(C(c2ccccc2)c2ccccc2)C1. The molecule has 0 saturated carbocycles. The Hall–Kier alpha value is -2.13. The first-order chi connectivity index (χ1) is 10.1.